The van der Waals surface area contributed by atoms with Crippen molar-refractivity contribution in [1.82, 2.24) is 14.9 Å². The van der Waals surface area contributed by atoms with Crippen LogP contribution in [0.1, 0.15) is 11.3 Å². The Balaban J connectivity index is 1.23. The highest BCUT2D eigenvalue weighted by atomic mass is 32.2. The topological polar surface area (TPSA) is 95.6 Å². The van der Waals surface area contributed by atoms with Gasteiger partial charge in [-0.25, -0.2) is 4.98 Å². The summed E-state index contributed by atoms with van der Waals surface area (Å²) < 4.78 is 18.1. The number of hydrogen-bond donors (Lipinski definition) is 1. The normalized spacial score (nSPS) is 12.6. The molecule has 0 radical (unpaired) electrons. The fourth-order valence-electron chi connectivity index (χ4n) is 3.73. The molecule has 2 aromatic heterocycles. The van der Waals surface area contributed by atoms with Crippen molar-refractivity contribution in [3.63, 3.8) is 0 Å². The molecule has 1 aliphatic rings. The highest BCUT2D eigenvalue weighted by Crippen LogP contribution is 2.30. The number of carbonyl (C=O) groups is 1. The summed E-state index contributed by atoms with van der Waals surface area (Å²) in [5.74, 6) is 2.14. The summed E-state index contributed by atoms with van der Waals surface area (Å²) in [6.45, 7) is 1.83. The van der Waals surface area contributed by atoms with Gasteiger partial charge in [-0.3, -0.25) is 14.2 Å². The number of aromatic nitrogens is 2. The number of thioether (sulfide) groups is 1. The molecule has 174 valence electrons. The number of para-hydroxylation sites is 1. The molecule has 8 nitrogen and oxygen atoms in total. The molecule has 1 aliphatic heterocycles. The second-order valence-electron chi connectivity index (χ2n) is 7.75. The van der Waals surface area contributed by atoms with Crippen molar-refractivity contribution in [3.8, 4) is 11.5 Å². The molecule has 9 heteroatoms. The van der Waals surface area contributed by atoms with Gasteiger partial charge in [0.1, 0.15) is 19.0 Å². The Hall–Kier alpha value is -3.72. The first-order chi connectivity index (χ1) is 16.7. The molecule has 0 aliphatic carbocycles. The van der Waals surface area contributed by atoms with Crippen molar-refractivity contribution in [1.29, 1.82) is 0 Å². The van der Waals surface area contributed by atoms with E-state index in [1.807, 2.05) is 30.3 Å². The molecule has 0 saturated heterocycles. The third kappa shape index (κ3) is 4.94. The first-order valence-corrected chi connectivity index (χ1v) is 12.0. The van der Waals surface area contributed by atoms with E-state index in [-0.39, 0.29) is 23.8 Å². The van der Waals surface area contributed by atoms with Gasteiger partial charge in [0.25, 0.3) is 5.56 Å². The molecule has 0 atom stereocenters. The molecule has 0 fully saturated rings. The van der Waals surface area contributed by atoms with Crippen LogP contribution in [-0.4, -0.2) is 41.0 Å². The zero-order chi connectivity index (χ0) is 23.3. The second kappa shape index (κ2) is 10.0. The molecular weight excluding hydrogens is 454 g/mol. The summed E-state index contributed by atoms with van der Waals surface area (Å²) in [5.41, 5.74) is 1.49. The van der Waals surface area contributed by atoms with E-state index in [2.05, 4.69) is 10.3 Å². The van der Waals surface area contributed by atoms with Crippen LogP contribution in [0, 0.1) is 0 Å². The average molecular weight is 478 g/mol. The van der Waals surface area contributed by atoms with Crippen LogP contribution < -0.4 is 20.3 Å². The predicted molar refractivity (Wildman–Crippen MR) is 129 cm³/mol. The van der Waals surface area contributed by atoms with Gasteiger partial charge in [0, 0.05) is 6.54 Å². The Morgan fingerprint density at radius 3 is 2.76 bits per heavy atom. The van der Waals surface area contributed by atoms with Gasteiger partial charge in [-0.1, -0.05) is 30.0 Å². The van der Waals surface area contributed by atoms with Gasteiger partial charge in [0.15, 0.2) is 16.7 Å². The summed E-state index contributed by atoms with van der Waals surface area (Å²) in [6, 6.07) is 16.6. The average Bonchev–Trinajstić information content (AvgIpc) is 3.38. The van der Waals surface area contributed by atoms with Gasteiger partial charge >= 0.3 is 0 Å². The van der Waals surface area contributed by atoms with Crippen LogP contribution in [-0.2, 0) is 17.8 Å². The van der Waals surface area contributed by atoms with E-state index < -0.39 is 0 Å². The number of furan rings is 1. The number of ether oxygens (including phenoxy) is 2. The number of carbonyl (C=O) groups excluding carboxylic acids is 1. The van der Waals surface area contributed by atoms with Crippen molar-refractivity contribution in [2.24, 2.45) is 0 Å². The standard InChI is InChI=1S/C25H23N3O5S/c29-23(26-10-9-17-7-8-21-22(14-17)33-13-12-32-21)16-34-25-27-20-6-2-1-5-19(20)24(30)28(25)15-18-4-3-11-31-18/h1-8,11,14H,9-10,12-13,15-16H2,(H,26,29). The Morgan fingerprint density at radius 2 is 1.91 bits per heavy atom. The highest BCUT2D eigenvalue weighted by molar-refractivity contribution is 7.99. The summed E-state index contributed by atoms with van der Waals surface area (Å²) in [4.78, 5) is 30.2. The van der Waals surface area contributed by atoms with Crippen molar-refractivity contribution >= 4 is 28.6 Å². The van der Waals surface area contributed by atoms with Crippen molar-refractivity contribution in [3.05, 3.63) is 82.5 Å². The lowest BCUT2D eigenvalue weighted by molar-refractivity contribution is -0.118. The number of nitrogens with zero attached hydrogens (tertiary/aromatic N) is 2. The number of hydrogen-bond acceptors (Lipinski definition) is 7. The maximum Gasteiger partial charge on any atom is 0.262 e. The lowest BCUT2D eigenvalue weighted by atomic mass is 10.1. The van der Waals surface area contributed by atoms with Gasteiger partial charge < -0.3 is 19.2 Å². The Bertz CT molecular complexity index is 1370. The summed E-state index contributed by atoms with van der Waals surface area (Å²) in [7, 11) is 0. The first kappa shape index (κ1) is 22.1. The smallest absolute Gasteiger partial charge is 0.262 e. The van der Waals surface area contributed by atoms with E-state index in [4.69, 9.17) is 13.9 Å². The fourth-order valence-corrected chi connectivity index (χ4v) is 4.55. The molecule has 0 unspecified atom stereocenters. The molecule has 0 saturated carbocycles. The van der Waals surface area contributed by atoms with Crippen LogP contribution in [0.2, 0.25) is 0 Å². The van der Waals surface area contributed by atoms with Crippen molar-refractivity contribution in [2.45, 2.75) is 18.1 Å². The first-order valence-electron chi connectivity index (χ1n) is 11.0. The minimum absolute atomic E-state index is 0.130. The van der Waals surface area contributed by atoms with E-state index in [0.29, 0.717) is 48.0 Å². The van der Waals surface area contributed by atoms with Crippen molar-refractivity contribution in [2.75, 3.05) is 25.5 Å². The lowest BCUT2D eigenvalue weighted by Crippen LogP contribution is -2.28. The summed E-state index contributed by atoms with van der Waals surface area (Å²) in [5, 5.41) is 3.94. The van der Waals surface area contributed by atoms with E-state index in [1.54, 1.807) is 35.1 Å². The van der Waals surface area contributed by atoms with Crippen LogP contribution in [0.3, 0.4) is 0 Å². The zero-order valence-electron chi connectivity index (χ0n) is 18.4. The van der Waals surface area contributed by atoms with Crippen LogP contribution in [0.25, 0.3) is 10.9 Å². The van der Waals surface area contributed by atoms with Crippen molar-refractivity contribution < 1.29 is 18.7 Å². The Labute approximate surface area is 199 Å². The molecule has 3 heterocycles. The van der Waals surface area contributed by atoms with Crippen LogP contribution in [0.5, 0.6) is 11.5 Å². The molecule has 2 aromatic carbocycles. The number of fused-ring (bicyclic) bond motifs is 2. The quantitative estimate of drug-likeness (QED) is 0.307. The van der Waals surface area contributed by atoms with Gasteiger partial charge in [0.05, 0.1) is 29.5 Å². The minimum atomic E-state index is -0.163. The SMILES string of the molecule is O=C(CSc1nc2ccccc2c(=O)n1Cc1ccco1)NCCc1ccc2c(c1)OCCO2. The molecule has 34 heavy (non-hydrogen) atoms. The highest BCUT2D eigenvalue weighted by Gasteiger charge is 2.15. The third-order valence-electron chi connectivity index (χ3n) is 5.40. The Morgan fingerprint density at radius 1 is 1.06 bits per heavy atom. The molecule has 1 amide bonds. The van der Waals surface area contributed by atoms with E-state index in [0.717, 1.165) is 17.1 Å². The van der Waals surface area contributed by atoms with E-state index >= 15 is 0 Å². The minimum Gasteiger partial charge on any atom is -0.486 e. The van der Waals surface area contributed by atoms with Crippen LogP contribution in [0.15, 0.2) is 75.2 Å². The predicted octanol–water partition coefficient (Wildman–Crippen LogP) is 3.26. The third-order valence-corrected chi connectivity index (χ3v) is 6.37. The summed E-state index contributed by atoms with van der Waals surface area (Å²) in [6.07, 6.45) is 2.24. The summed E-state index contributed by atoms with van der Waals surface area (Å²) >= 11 is 1.23. The number of nitrogens with one attached hydrogen (secondary N) is 1. The maximum absolute atomic E-state index is 13.1. The largest absolute Gasteiger partial charge is 0.486 e. The fraction of sp³-hybridized carbons (Fsp3) is 0.240. The number of rotatable bonds is 8. The zero-order valence-corrected chi connectivity index (χ0v) is 19.2. The molecule has 0 spiro atoms. The molecule has 0 bridgehead atoms. The van der Waals surface area contributed by atoms with E-state index in [9.17, 15) is 9.59 Å². The number of benzene rings is 2. The maximum atomic E-state index is 13.1. The van der Waals surface area contributed by atoms with Gasteiger partial charge in [0.2, 0.25) is 5.91 Å². The van der Waals surface area contributed by atoms with Gasteiger partial charge in [-0.2, -0.15) is 0 Å². The molecule has 4 aromatic rings. The number of amides is 1. The van der Waals surface area contributed by atoms with Crippen LogP contribution >= 0.6 is 11.8 Å². The molecule has 1 N–H and O–H groups in total. The van der Waals surface area contributed by atoms with Crippen LogP contribution in [0.4, 0.5) is 0 Å². The lowest BCUT2D eigenvalue weighted by Gasteiger charge is -2.18. The van der Waals surface area contributed by atoms with E-state index in [1.165, 1.54) is 11.8 Å². The Kier molecular flexibility index (Phi) is 6.53. The second-order valence-corrected chi connectivity index (χ2v) is 8.69. The van der Waals surface area contributed by atoms with Gasteiger partial charge in [-0.15, -0.1) is 0 Å². The molecule has 5 rings (SSSR count). The van der Waals surface area contributed by atoms with Gasteiger partial charge in [-0.05, 0) is 48.4 Å². The monoisotopic (exact) mass is 477 g/mol. The molecular formula is C25H23N3O5S.